The summed E-state index contributed by atoms with van der Waals surface area (Å²) < 4.78 is 0.645. The highest BCUT2D eigenvalue weighted by Crippen LogP contribution is 2.19. The van der Waals surface area contributed by atoms with Crippen molar-refractivity contribution in [1.82, 2.24) is 0 Å². The highest BCUT2D eigenvalue weighted by Gasteiger charge is 1.99. The van der Waals surface area contributed by atoms with Gasteiger partial charge in [0.2, 0.25) is 0 Å². The highest BCUT2D eigenvalue weighted by molar-refractivity contribution is 7.49. The molecule has 9 heavy (non-hydrogen) atoms. The molecule has 1 N–H and O–H groups in total. The Balaban J connectivity index is 3.43. The van der Waals surface area contributed by atoms with Crippen molar-refractivity contribution in [3.8, 4) is 5.75 Å². The van der Waals surface area contributed by atoms with Crippen LogP contribution in [0.3, 0.4) is 0 Å². The number of aryl methyl sites for hydroxylation is 1. The summed E-state index contributed by atoms with van der Waals surface area (Å²) in [6.07, 6.45) is 0. The van der Waals surface area contributed by atoms with Crippen LogP contribution in [0, 0.1) is 11.4 Å². The van der Waals surface area contributed by atoms with E-state index in [0.717, 1.165) is 4.88 Å². The summed E-state index contributed by atoms with van der Waals surface area (Å²) >= 11 is 5.53. The Hall–Kier alpha value is -0.410. The van der Waals surface area contributed by atoms with Gasteiger partial charge in [0, 0.05) is 10.9 Å². The second-order valence-corrected chi connectivity index (χ2v) is 3.31. The molecule has 1 rings (SSSR count). The second kappa shape index (κ2) is 2.45. The van der Waals surface area contributed by atoms with Gasteiger partial charge in [-0.3, -0.25) is 0 Å². The van der Waals surface area contributed by atoms with Crippen molar-refractivity contribution in [2.45, 2.75) is 6.92 Å². The van der Waals surface area contributed by atoms with Crippen LogP contribution in [0.15, 0.2) is 11.4 Å². The Kier molecular flexibility index (Phi) is 1.83. The van der Waals surface area contributed by atoms with Crippen LogP contribution in [-0.2, 0) is 12.2 Å². The molecule has 0 fully saturated rings. The fourth-order valence-corrected chi connectivity index (χ4v) is 1.56. The lowest BCUT2D eigenvalue weighted by Gasteiger charge is -1.88. The average Bonchev–Trinajstić information content (AvgIpc) is 1.83. The molecule has 0 unspecified atom stereocenters. The first-order valence-electron chi connectivity index (χ1n) is 2.51. The van der Waals surface area contributed by atoms with E-state index in [0.29, 0.717) is 10.3 Å². The topological polar surface area (TPSA) is 20.2 Å². The highest BCUT2D eigenvalue weighted by atomic mass is 32.1. The molecule has 0 bridgehead atoms. The minimum absolute atomic E-state index is 0.297. The zero-order valence-electron chi connectivity index (χ0n) is 4.96. The summed E-state index contributed by atoms with van der Waals surface area (Å²) in [5, 5.41) is 11.0. The first kappa shape index (κ1) is 6.71. The van der Waals surface area contributed by atoms with Gasteiger partial charge in [-0.1, -0.05) is 0 Å². The van der Waals surface area contributed by atoms with Gasteiger partial charge in [0.25, 0.3) is 4.51 Å². The predicted octanol–water partition coefficient (Wildman–Crippen LogP) is 1.57. The van der Waals surface area contributed by atoms with Gasteiger partial charge in [0.05, 0.1) is 0 Å². The third kappa shape index (κ3) is 1.28. The van der Waals surface area contributed by atoms with Crippen LogP contribution in [0.1, 0.15) is 4.88 Å². The van der Waals surface area contributed by atoms with E-state index < -0.39 is 0 Å². The lowest BCUT2D eigenvalue weighted by molar-refractivity contribution is 0.471. The standard InChI is InChI=1S/C6H6OS2/c1-4-6(7)5(8)2-3-9-4/h2-3,7H,1H3/p+1. The van der Waals surface area contributed by atoms with Gasteiger partial charge in [0.15, 0.2) is 18.0 Å². The van der Waals surface area contributed by atoms with Crippen LogP contribution in [0.2, 0.25) is 0 Å². The second-order valence-electron chi connectivity index (χ2n) is 1.71. The van der Waals surface area contributed by atoms with Crippen molar-refractivity contribution < 1.29 is 5.11 Å². The Morgan fingerprint density at radius 3 is 2.78 bits per heavy atom. The van der Waals surface area contributed by atoms with Crippen LogP contribution < -0.4 is 0 Å². The Labute approximate surface area is 62.6 Å². The van der Waals surface area contributed by atoms with E-state index in [9.17, 15) is 0 Å². The number of hydrogen-bond donors (Lipinski definition) is 1. The monoisotopic (exact) mass is 159 g/mol. The Morgan fingerprint density at radius 1 is 1.67 bits per heavy atom. The van der Waals surface area contributed by atoms with Crippen LogP contribution >= 0.6 is 11.3 Å². The van der Waals surface area contributed by atoms with E-state index in [1.54, 1.807) is 6.07 Å². The Bertz CT molecular complexity index is 264. The molecule has 0 aliphatic rings. The van der Waals surface area contributed by atoms with Gasteiger partial charge in [0.1, 0.15) is 0 Å². The van der Waals surface area contributed by atoms with Gasteiger partial charge in [-0.15, -0.1) is 11.3 Å². The van der Waals surface area contributed by atoms with E-state index in [1.165, 1.54) is 11.3 Å². The van der Waals surface area contributed by atoms with E-state index in [2.05, 4.69) is 12.2 Å². The van der Waals surface area contributed by atoms with Gasteiger partial charge in [-0.05, 0) is 12.3 Å². The maximum absolute atomic E-state index is 9.14. The summed E-state index contributed by atoms with van der Waals surface area (Å²) in [4.78, 5) is 0.905. The molecule has 1 aromatic rings. The van der Waals surface area contributed by atoms with Gasteiger partial charge >= 0.3 is 0 Å². The normalized spacial score (nSPS) is 9.44. The summed E-state index contributed by atoms with van der Waals surface area (Å²) in [6.45, 7) is 1.86. The lowest BCUT2D eigenvalue weighted by Crippen LogP contribution is -1.69. The summed E-state index contributed by atoms with van der Waals surface area (Å²) in [6, 6.07) is 1.77. The predicted molar refractivity (Wildman–Crippen MR) is 42.7 cm³/mol. The van der Waals surface area contributed by atoms with E-state index in [-0.39, 0.29) is 0 Å². The van der Waals surface area contributed by atoms with E-state index in [4.69, 9.17) is 5.11 Å². The van der Waals surface area contributed by atoms with Crippen molar-refractivity contribution in [3.63, 3.8) is 0 Å². The molecule has 48 valence electrons. The fraction of sp³-hybridized carbons (Fsp3) is 0.167. The zero-order valence-corrected chi connectivity index (χ0v) is 6.67. The van der Waals surface area contributed by atoms with Crippen molar-refractivity contribution in [1.29, 1.82) is 0 Å². The Morgan fingerprint density at radius 2 is 2.33 bits per heavy atom. The molecule has 3 heteroatoms. The van der Waals surface area contributed by atoms with E-state index in [1.807, 2.05) is 12.3 Å². The summed E-state index contributed by atoms with van der Waals surface area (Å²) in [7, 11) is 0. The van der Waals surface area contributed by atoms with Crippen molar-refractivity contribution >= 4 is 23.6 Å². The molecule has 0 aliphatic carbocycles. The van der Waals surface area contributed by atoms with Gasteiger partial charge in [-0.25, -0.2) is 0 Å². The molecule has 0 saturated carbocycles. The molecule has 0 aliphatic heterocycles. The zero-order chi connectivity index (χ0) is 6.85. The molecule has 0 aromatic carbocycles. The lowest BCUT2D eigenvalue weighted by atomic mass is 10.4. The maximum Gasteiger partial charge on any atom is 0.265 e. The number of aromatic hydroxyl groups is 1. The van der Waals surface area contributed by atoms with Crippen molar-refractivity contribution in [3.05, 3.63) is 20.8 Å². The quantitative estimate of drug-likeness (QED) is 0.346. The summed E-state index contributed by atoms with van der Waals surface area (Å²) in [5.74, 6) is 0.297. The molecule has 0 saturated heterocycles. The number of rotatable bonds is 0. The number of hydrogen-bond acceptors (Lipinski definition) is 2. The molecule has 0 radical (unpaired) electrons. The van der Waals surface area contributed by atoms with Crippen molar-refractivity contribution in [2.75, 3.05) is 0 Å². The third-order valence-electron chi connectivity index (χ3n) is 1.05. The summed E-state index contributed by atoms with van der Waals surface area (Å²) in [5.41, 5.74) is 0. The SMILES string of the molecule is Cc1sccc(=[SH+])c1O. The molecule has 0 atom stereocenters. The maximum atomic E-state index is 9.14. The minimum atomic E-state index is 0.297. The smallest absolute Gasteiger partial charge is 0.265 e. The third-order valence-corrected chi connectivity index (χ3v) is 2.23. The largest absolute Gasteiger partial charge is 0.502 e. The van der Waals surface area contributed by atoms with Crippen molar-refractivity contribution in [2.24, 2.45) is 0 Å². The van der Waals surface area contributed by atoms with Crippen LogP contribution in [0.5, 0.6) is 5.75 Å². The van der Waals surface area contributed by atoms with E-state index >= 15 is 0 Å². The number of thiol groups is 1. The first-order valence-corrected chi connectivity index (χ1v) is 3.84. The molecule has 1 aromatic heterocycles. The minimum Gasteiger partial charge on any atom is -0.502 e. The molecular weight excluding hydrogens is 152 g/mol. The van der Waals surface area contributed by atoms with Gasteiger partial charge < -0.3 is 5.11 Å². The average molecular weight is 159 g/mol. The van der Waals surface area contributed by atoms with Crippen LogP contribution in [-0.4, -0.2) is 5.11 Å². The van der Waals surface area contributed by atoms with Crippen LogP contribution in [0.4, 0.5) is 0 Å². The first-order chi connectivity index (χ1) is 4.22. The molecule has 0 spiro atoms. The molecule has 0 amide bonds. The van der Waals surface area contributed by atoms with Gasteiger partial charge in [-0.2, -0.15) is 0 Å². The fourth-order valence-electron chi connectivity index (χ4n) is 0.516. The molecule has 1 nitrogen and oxygen atoms in total. The van der Waals surface area contributed by atoms with Crippen LogP contribution in [0.25, 0.3) is 0 Å². The molecule has 1 heterocycles. The molecular formula is C6H7OS2+.